The fraction of sp³-hybridized carbons (Fsp3) is 0.385. The maximum atomic E-state index is 9.09. The first-order valence-corrected chi connectivity index (χ1v) is 5.11. The third-order valence-electron chi connectivity index (χ3n) is 2.16. The first kappa shape index (κ1) is 12.6. The summed E-state index contributed by atoms with van der Waals surface area (Å²) in [5.74, 6) is 3.06. The van der Waals surface area contributed by atoms with Crippen molar-refractivity contribution in [1.29, 1.82) is 0 Å². The molecule has 3 heteroatoms. The van der Waals surface area contributed by atoms with Crippen LogP contribution in [0.3, 0.4) is 0 Å². The van der Waals surface area contributed by atoms with E-state index in [1.807, 2.05) is 24.3 Å². The summed E-state index contributed by atoms with van der Waals surface area (Å²) in [6.45, 7) is 0.971. The molecule has 0 amide bonds. The molecule has 3 nitrogen and oxygen atoms in total. The molecule has 0 saturated heterocycles. The molecule has 86 valence electrons. The van der Waals surface area contributed by atoms with E-state index in [-0.39, 0.29) is 0 Å². The third-order valence-corrected chi connectivity index (χ3v) is 2.16. The Morgan fingerprint density at radius 3 is 2.62 bits per heavy atom. The lowest BCUT2D eigenvalue weighted by atomic mass is 10.2. The molecule has 1 aromatic rings. The van der Waals surface area contributed by atoms with E-state index in [1.54, 1.807) is 7.11 Å². The molecule has 0 fully saturated rings. The van der Waals surface area contributed by atoms with Crippen LogP contribution in [-0.2, 0) is 11.3 Å². The topological polar surface area (TPSA) is 38.7 Å². The minimum atomic E-state index is -0.712. The zero-order chi connectivity index (χ0) is 11.8. The summed E-state index contributed by atoms with van der Waals surface area (Å²) in [5, 5.41) is 9.09. The summed E-state index contributed by atoms with van der Waals surface area (Å²) in [4.78, 5) is 0. The number of terminal acetylenes is 1. The van der Waals surface area contributed by atoms with E-state index in [0.717, 1.165) is 11.3 Å². The van der Waals surface area contributed by atoms with E-state index in [0.29, 0.717) is 19.6 Å². The number of hydrogen-bond donors (Lipinski definition) is 1. The predicted molar refractivity (Wildman–Crippen MR) is 62.1 cm³/mol. The second-order valence-corrected chi connectivity index (χ2v) is 3.37. The molecule has 0 aliphatic carbocycles. The van der Waals surface area contributed by atoms with Crippen molar-refractivity contribution in [2.45, 2.75) is 19.1 Å². The summed E-state index contributed by atoms with van der Waals surface area (Å²) < 4.78 is 10.4. The Hall–Kier alpha value is -1.50. The SMILES string of the molecule is C#C[C@@H](O)CCOCc1ccc(OC)cc1. The lowest BCUT2D eigenvalue weighted by molar-refractivity contribution is 0.0907. The van der Waals surface area contributed by atoms with Crippen LogP contribution in [0.4, 0.5) is 0 Å². The van der Waals surface area contributed by atoms with E-state index >= 15 is 0 Å². The van der Waals surface area contributed by atoms with Crippen LogP contribution in [-0.4, -0.2) is 24.9 Å². The number of benzene rings is 1. The van der Waals surface area contributed by atoms with Crippen molar-refractivity contribution < 1.29 is 14.6 Å². The maximum absolute atomic E-state index is 9.09. The normalized spacial score (nSPS) is 11.8. The smallest absolute Gasteiger partial charge is 0.118 e. The molecule has 0 saturated carbocycles. The number of ether oxygens (including phenoxy) is 2. The lowest BCUT2D eigenvalue weighted by Crippen LogP contribution is -2.07. The fourth-order valence-corrected chi connectivity index (χ4v) is 1.19. The zero-order valence-corrected chi connectivity index (χ0v) is 9.35. The highest BCUT2D eigenvalue weighted by Crippen LogP contribution is 2.11. The van der Waals surface area contributed by atoms with Gasteiger partial charge in [0.15, 0.2) is 0 Å². The average Bonchev–Trinajstić information content (AvgIpc) is 2.35. The molecule has 0 unspecified atom stereocenters. The molecule has 1 aromatic carbocycles. The molecule has 16 heavy (non-hydrogen) atoms. The summed E-state index contributed by atoms with van der Waals surface area (Å²) in [5.41, 5.74) is 1.07. The first-order valence-electron chi connectivity index (χ1n) is 5.11. The average molecular weight is 220 g/mol. The van der Waals surface area contributed by atoms with Gasteiger partial charge < -0.3 is 14.6 Å². The van der Waals surface area contributed by atoms with E-state index in [9.17, 15) is 0 Å². The maximum Gasteiger partial charge on any atom is 0.118 e. The van der Waals surface area contributed by atoms with Gasteiger partial charge in [-0.2, -0.15) is 0 Å². The van der Waals surface area contributed by atoms with Crippen LogP contribution >= 0.6 is 0 Å². The molecule has 0 aliphatic heterocycles. The summed E-state index contributed by atoms with van der Waals surface area (Å²) >= 11 is 0. The molecular weight excluding hydrogens is 204 g/mol. The zero-order valence-electron chi connectivity index (χ0n) is 9.35. The van der Waals surface area contributed by atoms with Crippen LogP contribution in [0, 0.1) is 12.3 Å². The molecule has 1 atom stereocenters. The van der Waals surface area contributed by atoms with Crippen molar-refractivity contribution in [2.75, 3.05) is 13.7 Å². The monoisotopic (exact) mass is 220 g/mol. The second kappa shape index (κ2) is 6.89. The highest BCUT2D eigenvalue weighted by atomic mass is 16.5. The molecule has 0 spiro atoms. The number of hydrogen-bond acceptors (Lipinski definition) is 3. The van der Waals surface area contributed by atoms with Crippen molar-refractivity contribution >= 4 is 0 Å². The van der Waals surface area contributed by atoms with Crippen molar-refractivity contribution in [3.8, 4) is 18.1 Å². The third kappa shape index (κ3) is 4.35. The summed E-state index contributed by atoms with van der Waals surface area (Å²) in [6.07, 6.45) is 4.78. The molecule has 0 aromatic heterocycles. The first-order chi connectivity index (χ1) is 7.76. The van der Waals surface area contributed by atoms with Gasteiger partial charge in [0.05, 0.1) is 20.3 Å². The van der Waals surface area contributed by atoms with Gasteiger partial charge in [0, 0.05) is 6.42 Å². The second-order valence-electron chi connectivity index (χ2n) is 3.37. The van der Waals surface area contributed by atoms with Crippen LogP contribution < -0.4 is 4.74 Å². The number of methoxy groups -OCH3 is 1. The van der Waals surface area contributed by atoms with Gasteiger partial charge >= 0.3 is 0 Å². The Morgan fingerprint density at radius 2 is 2.06 bits per heavy atom. The Labute approximate surface area is 96.0 Å². The van der Waals surface area contributed by atoms with Crippen molar-refractivity contribution in [1.82, 2.24) is 0 Å². The van der Waals surface area contributed by atoms with Gasteiger partial charge in [0.1, 0.15) is 11.9 Å². The molecule has 0 radical (unpaired) electrons. The van der Waals surface area contributed by atoms with Crippen LogP contribution in [0.15, 0.2) is 24.3 Å². The number of rotatable bonds is 6. The predicted octanol–water partition coefficient (Wildman–Crippen LogP) is 1.60. The van der Waals surface area contributed by atoms with Gasteiger partial charge in [-0.05, 0) is 17.7 Å². The summed E-state index contributed by atoms with van der Waals surface area (Å²) in [6, 6.07) is 7.65. The lowest BCUT2D eigenvalue weighted by Gasteiger charge is -2.06. The highest BCUT2D eigenvalue weighted by molar-refractivity contribution is 5.26. The van der Waals surface area contributed by atoms with E-state index in [1.165, 1.54) is 0 Å². The number of aliphatic hydroxyl groups is 1. The molecule has 1 rings (SSSR count). The van der Waals surface area contributed by atoms with Gasteiger partial charge in [0.25, 0.3) is 0 Å². The van der Waals surface area contributed by atoms with Crippen molar-refractivity contribution in [3.63, 3.8) is 0 Å². The quantitative estimate of drug-likeness (QED) is 0.584. The Kier molecular flexibility index (Phi) is 5.41. The standard InChI is InChI=1S/C13H16O3/c1-3-12(14)8-9-16-10-11-4-6-13(15-2)7-5-11/h1,4-7,12,14H,8-10H2,2H3/t12-/m1/s1. The fourth-order valence-electron chi connectivity index (χ4n) is 1.19. The largest absolute Gasteiger partial charge is 0.497 e. The van der Waals surface area contributed by atoms with Gasteiger partial charge in [0.2, 0.25) is 0 Å². The van der Waals surface area contributed by atoms with E-state index in [2.05, 4.69) is 5.92 Å². The van der Waals surface area contributed by atoms with Crippen molar-refractivity contribution in [3.05, 3.63) is 29.8 Å². The Bertz CT molecular complexity index is 337. The van der Waals surface area contributed by atoms with E-state index < -0.39 is 6.10 Å². The Morgan fingerprint density at radius 1 is 1.38 bits per heavy atom. The molecule has 0 aliphatic rings. The van der Waals surface area contributed by atoms with Gasteiger partial charge in [-0.25, -0.2) is 0 Å². The molecule has 0 bridgehead atoms. The molecule has 1 N–H and O–H groups in total. The van der Waals surface area contributed by atoms with Gasteiger partial charge in [-0.3, -0.25) is 0 Å². The van der Waals surface area contributed by atoms with Gasteiger partial charge in [-0.1, -0.05) is 18.1 Å². The minimum Gasteiger partial charge on any atom is -0.497 e. The Balaban J connectivity index is 2.24. The van der Waals surface area contributed by atoms with E-state index in [4.69, 9.17) is 21.0 Å². The van der Waals surface area contributed by atoms with Crippen LogP contribution in [0.5, 0.6) is 5.75 Å². The number of aliphatic hydroxyl groups excluding tert-OH is 1. The minimum absolute atomic E-state index is 0.456. The van der Waals surface area contributed by atoms with Gasteiger partial charge in [-0.15, -0.1) is 6.42 Å². The highest BCUT2D eigenvalue weighted by Gasteiger charge is 1.99. The van der Waals surface area contributed by atoms with Crippen LogP contribution in [0.1, 0.15) is 12.0 Å². The van der Waals surface area contributed by atoms with Crippen molar-refractivity contribution in [2.24, 2.45) is 0 Å². The molecular formula is C13H16O3. The van der Waals surface area contributed by atoms with Crippen LogP contribution in [0.2, 0.25) is 0 Å². The van der Waals surface area contributed by atoms with Crippen LogP contribution in [0.25, 0.3) is 0 Å². The molecule has 0 heterocycles. The summed E-state index contributed by atoms with van der Waals surface area (Å²) in [7, 11) is 1.63.